The highest BCUT2D eigenvalue weighted by molar-refractivity contribution is 5.95. The SMILES string of the molecule is C=CCOC(=O)N1CCN(C(=O)c2cc(OCC)c(OCC)c(OCC)c2)CC1. The molecule has 0 N–H and O–H groups in total. The molecule has 1 fully saturated rings. The molecule has 0 unspecified atom stereocenters. The van der Waals surface area contributed by atoms with Crippen molar-refractivity contribution in [3.63, 3.8) is 0 Å². The van der Waals surface area contributed by atoms with Gasteiger partial charge in [0, 0.05) is 31.7 Å². The zero-order chi connectivity index (χ0) is 21.2. The molecule has 2 amide bonds. The molecule has 1 aromatic rings. The fourth-order valence-corrected chi connectivity index (χ4v) is 3.01. The van der Waals surface area contributed by atoms with Crippen LogP contribution in [-0.2, 0) is 4.74 Å². The summed E-state index contributed by atoms with van der Waals surface area (Å²) >= 11 is 0. The molecule has 0 radical (unpaired) electrons. The quantitative estimate of drug-likeness (QED) is 0.587. The van der Waals surface area contributed by atoms with E-state index in [-0.39, 0.29) is 12.5 Å². The van der Waals surface area contributed by atoms with Crippen LogP contribution in [0.1, 0.15) is 31.1 Å². The summed E-state index contributed by atoms with van der Waals surface area (Å²) in [4.78, 5) is 28.3. The number of amides is 2. The van der Waals surface area contributed by atoms with E-state index in [9.17, 15) is 9.59 Å². The third-order valence-electron chi connectivity index (χ3n) is 4.31. The minimum Gasteiger partial charge on any atom is -0.490 e. The standard InChI is InChI=1S/C21H30N2O6/c1-5-13-29-21(25)23-11-9-22(10-12-23)20(24)16-14-17(26-6-2)19(28-8-4)18(15-16)27-7-3/h5,14-15H,1,6-13H2,2-4H3. The Kier molecular flexibility index (Phi) is 8.64. The van der Waals surface area contributed by atoms with Crippen molar-refractivity contribution in [2.75, 3.05) is 52.6 Å². The molecule has 160 valence electrons. The van der Waals surface area contributed by atoms with Gasteiger partial charge in [0.15, 0.2) is 11.5 Å². The fourth-order valence-electron chi connectivity index (χ4n) is 3.01. The van der Waals surface area contributed by atoms with Crippen molar-refractivity contribution in [3.05, 3.63) is 30.4 Å². The van der Waals surface area contributed by atoms with Crippen LogP contribution in [-0.4, -0.2) is 74.4 Å². The van der Waals surface area contributed by atoms with Crippen LogP contribution in [0.3, 0.4) is 0 Å². The van der Waals surface area contributed by atoms with Gasteiger partial charge in [0.25, 0.3) is 5.91 Å². The largest absolute Gasteiger partial charge is 0.490 e. The molecule has 1 saturated heterocycles. The molecule has 8 heteroatoms. The zero-order valence-corrected chi connectivity index (χ0v) is 17.4. The predicted octanol–water partition coefficient (Wildman–Crippen LogP) is 2.96. The van der Waals surface area contributed by atoms with Crippen LogP contribution in [0, 0.1) is 0 Å². The number of rotatable bonds is 9. The minimum absolute atomic E-state index is 0.144. The summed E-state index contributed by atoms with van der Waals surface area (Å²) in [6.07, 6.45) is 1.13. The van der Waals surface area contributed by atoms with E-state index in [1.165, 1.54) is 6.08 Å². The number of benzene rings is 1. The Morgan fingerprint density at radius 1 is 0.931 bits per heavy atom. The summed E-state index contributed by atoms with van der Waals surface area (Å²) in [5.74, 6) is 1.32. The second-order valence-corrected chi connectivity index (χ2v) is 6.25. The van der Waals surface area contributed by atoms with E-state index < -0.39 is 6.09 Å². The average Bonchev–Trinajstić information content (AvgIpc) is 2.74. The Morgan fingerprint density at radius 3 is 1.93 bits per heavy atom. The third kappa shape index (κ3) is 5.79. The number of piperazine rings is 1. The molecular weight excluding hydrogens is 376 g/mol. The lowest BCUT2D eigenvalue weighted by Crippen LogP contribution is -2.50. The average molecular weight is 406 g/mol. The molecule has 0 saturated carbocycles. The van der Waals surface area contributed by atoms with Crippen LogP contribution < -0.4 is 14.2 Å². The molecule has 1 aliphatic rings. The van der Waals surface area contributed by atoms with Gasteiger partial charge in [-0.15, -0.1) is 0 Å². The second kappa shape index (κ2) is 11.2. The van der Waals surface area contributed by atoms with Gasteiger partial charge >= 0.3 is 6.09 Å². The molecular formula is C21H30N2O6. The van der Waals surface area contributed by atoms with Gasteiger partial charge in [0.2, 0.25) is 5.75 Å². The van der Waals surface area contributed by atoms with E-state index >= 15 is 0 Å². The second-order valence-electron chi connectivity index (χ2n) is 6.25. The van der Waals surface area contributed by atoms with Crippen molar-refractivity contribution in [2.45, 2.75) is 20.8 Å². The van der Waals surface area contributed by atoms with Crippen LogP contribution >= 0.6 is 0 Å². The molecule has 0 bridgehead atoms. The van der Waals surface area contributed by atoms with Crippen LogP contribution in [0.25, 0.3) is 0 Å². The first-order valence-corrected chi connectivity index (χ1v) is 9.93. The normalized spacial score (nSPS) is 13.6. The van der Waals surface area contributed by atoms with E-state index in [1.807, 2.05) is 20.8 Å². The third-order valence-corrected chi connectivity index (χ3v) is 4.31. The van der Waals surface area contributed by atoms with Gasteiger partial charge in [-0.3, -0.25) is 4.79 Å². The Labute approximate surface area is 172 Å². The number of ether oxygens (including phenoxy) is 4. The number of hydrogen-bond acceptors (Lipinski definition) is 6. The maximum atomic E-state index is 13.1. The van der Waals surface area contributed by atoms with Gasteiger partial charge in [-0.2, -0.15) is 0 Å². The van der Waals surface area contributed by atoms with Gasteiger partial charge < -0.3 is 28.7 Å². The zero-order valence-electron chi connectivity index (χ0n) is 17.4. The molecule has 1 heterocycles. The smallest absolute Gasteiger partial charge is 0.410 e. The van der Waals surface area contributed by atoms with Crippen LogP contribution in [0.4, 0.5) is 4.79 Å². The van der Waals surface area contributed by atoms with Gasteiger partial charge in [-0.1, -0.05) is 12.7 Å². The number of carbonyl (C=O) groups is 2. The summed E-state index contributed by atoms with van der Waals surface area (Å²) in [5.41, 5.74) is 0.461. The molecule has 1 aliphatic heterocycles. The molecule has 0 atom stereocenters. The fraction of sp³-hybridized carbons (Fsp3) is 0.524. The van der Waals surface area contributed by atoms with Crippen molar-refractivity contribution in [1.29, 1.82) is 0 Å². The number of nitrogens with zero attached hydrogens (tertiary/aromatic N) is 2. The van der Waals surface area contributed by atoms with E-state index in [1.54, 1.807) is 21.9 Å². The predicted molar refractivity (Wildman–Crippen MR) is 109 cm³/mol. The van der Waals surface area contributed by atoms with E-state index in [0.29, 0.717) is 68.8 Å². The molecule has 0 aromatic heterocycles. The van der Waals surface area contributed by atoms with Gasteiger partial charge in [-0.25, -0.2) is 4.79 Å². The Balaban J connectivity index is 2.16. The van der Waals surface area contributed by atoms with Crippen LogP contribution in [0.15, 0.2) is 24.8 Å². The highest BCUT2D eigenvalue weighted by atomic mass is 16.6. The monoisotopic (exact) mass is 406 g/mol. The maximum absolute atomic E-state index is 13.1. The first-order valence-electron chi connectivity index (χ1n) is 9.93. The lowest BCUT2D eigenvalue weighted by molar-refractivity contribution is 0.0580. The minimum atomic E-state index is -0.393. The summed E-state index contributed by atoms with van der Waals surface area (Å²) in [5, 5.41) is 0. The summed E-state index contributed by atoms with van der Waals surface area (Å²) in [7, 11) is 0. The van der Waals surface area contributed by atoms with Crippen molar-refractivity contribution in [1.82, 2.24) is 9.80 Å². The lowest BCUT2D eigenvalue weighted by atomic mass is 10.1. The molecule has 29 heavy (non-hydrogen) atoms. The summed E-state index contributed by atoms with van der Waals surface area (Å²) in [6, 6.07) is 3.37. The highest BCUT2D eigenvalue weighted by Crippen LogP contribution is 2.39. The summed E-state index contributed by atoms with van der Waals surface area (Å²) < 4.78 is 22.1. The van der Waals surface area contributed by atoms with Gasteiger partial charge in [-0.05, 0) is 32.9 Å². The van der Waals surface area contributed by atoms with E-state index in [2.05, 4.69) is 6.58 Å². The van der Waals surface area contributed by atoms with Crippen molar-refractivity contribution in [2.24, 2.45) is 0 Å². The van der Waals surface area contributed by atoms with Gasteiger partial charge in [0.1, 0.15) is 6.61 Å². The van der Waals surface area contributed by atoms with Crippen molar-refractivity contribution >= 4 is 12.0 Å². The molecule has 1 aromatic carbocycles. The Hall–Kier alpha value is -2.90. The lowest BCUT2D eigenvalue weighted by Gasteiger charge is -2.34. The van der Waals surface area contributed by atoms with Crippen LogP contribution in [0.5, 0.6) is 17.2 Å². The molecule has 0 aliphatic carbocycles. The number of carbonyl (C=O) groups excluding carboxylic acids is 2. The Bertz CT molecular complexity index is 686. The van der Waals surface area contributed by atoms with Gasteiger partial charge in [0.05, 0.1) is 19.8 Å². The van der Waals surface area contributed by atoms with Crippen LogP contribution in [0.2, 0.25) is 0 Å². The molecule has 0 spiro atoms. The maximum Gasteiger partial charge on any atom is 0.410 e. The topological polar surface area (TPSA) is 77.5 Å². The Morgan fingerprint density at radius 2 is 1.45 bits per heavy atom. The molecule has 8 nitrogen and oxygen atoms in total. The van der Waals surface area contributed by atoms with E-state index in [0.717, 1.165) is 0 Å². The van der Waals surface area contributed by atoms with E-state index in [4.69, 9.17) is 18.9 Å². The molecule has 2 rings (SSSR count). The number of hydrogen-bond donors (Lipinski definition) is 0. The first kappa shape index (κ1) is 22.4. The van der Waals surface area contributed by atoms with Crippen molar-refractivity contribution in [3.8, 4) is 17.2 Å². The summed E-state index contributed by atoms with van der Waals surface area (Å²) in [6.45, 7) is 12.3. The highest BCUT2D eigenvalue weighted by Gasteiger charge is 2.27. The first-order chi connectivity index (χ1) is 14.0. The van der Waals surface area contributed by atoms with Crippen molar-refractivity contribution < 1.29 is 28.5 Å².